The molecule has 0 aliphatic carbocycles. The molecule has 8 nitrogen and oxygen atoms in total. The molecule has 114 valence electrons. The van der Waals surface area contributed by atoms with Gasteiger partial charge in [-0.2, -0.15) is 9.97 Å². The SMILES string of the molecule is O=C(OOc1nc(Cl)cc(N2CCOCC2)n1)N1CCC1. The summed E-state index contributed by atoms with van der Waals surface area (Å²) in [4.78, 5) is 32.7. The molecule has 0 spiro atoms. The van der Waals surface area contributed by atoms with Crippen LogP contribution in [0.2, 0.25) is 5.15 Å². The molecule has 0 bridgehead atoms. The molecule has 1 aromatic rings. The summed E-state index contributed by atoms with van der Waals surface area (Å²) in [5, 5.41) is 0.224. The van der Waals surface area contributed by atoms with E-state index in [0.717, 1.165) is 6.42 Å². The first-order valence-corrected chi connectivity index (χ1v) is 7.11. The number of rotatable bonds is 3. The van der Waals surface area contributed by atoms with Gasteiger partial charge in [-0.15, -0.1) is 0 Å². The highest BCUT2D eigenvalue weighted by Gasteiger charge is 2.23. The zero-order valence-electron chi connectivity index (χ0n) is 11.3. The van der Waals surface area contributed by atoms with E-state index in [0.29, 0.717) is 45.2 Å². The highest BCUT2D eigenvalue weighted by atomic mass is 35.5. The van der Waals surface area contributed by atoms with Gasteiger partial charge < -0.3 is 14.5 Å². The molecule has 2 aliphatic heterocycles. The van der Waals surface area contributed by atoms with Crippen LogP contribution in [0.4, 0.5) is 10.6 Å². The van der Waals surface area contributed by atoms with E-state index in [4.69, 9.17) is 21.2 Å². The average molecular weight is 315 g/mol. The minimum Gasteiger partial charge on any atom is -0.378 e. The van der Waals surface area contributed by atoms with Crippen LogP contribution in [0.5, 0.6) is 6.01 Å². The lowest BCUT2D eigenvalue weighted by molar-refractivity contribution is -0.164. The minimum absolute atomic E-state index is 0.0853. The number of nitrogens with zero attached hydrogens (tertiary/aromatic N) is 4. The summed E-state index contributed by atoms with van der Waals surface area (Å²) < 4.78 is 5.28. The number of likely N-dealkylation sites (tertiary alicyclic amines) is 1. The Kier molecular flexibility index (Phi) is 4.26. The Hall–Kier alpha value is -1.80. The standard InChI is InChI=1S/C12H15ClN4O4/c13-9-8-10(16-4-6-19-7-5-16)15-11(14-9)20-21-12(18)17-2-1-3-17/h8H,1-7H2. The fourth-order valence-electron chi connectivity index (χ4n) is 2.00. The number of carbonyl (C=O) groups is 1. The van der Waals surface area contributed by atoms with Gasteiger partial charge in [0.25, 0.3) is 0 Å². The molecule has 1 aromatic heterocycles. The number of hydrogen-bond donors (Lipinski definition) is 0. The molecule has 0 unspecified atom stereocenters. The largest absolute Gasteiger partial charge is 0.453 e. The van der Waals surface area contributed by atoms with Crippen LogP contribution in [0.25, 0.3) is 0 Å². The second kappa shape index (κ2) is 6.31. The molecule has 0 N–H and O–H groups in total. The summed E-state index contributed by atoms with van der Waals surface area (Å²) in [5.41, 5.74) is 0. The molecule has 0 radical (unpaired) electrons. The van der Waals surface area contributed by atoms with Crippen molar-refractivity contribution in [1.82, 2.24) is 14.9 Å². The number of morpholine rings is 1. The van der Waals surface area contributed by atoms with Gasteiger partial charge in [-0.1, -0.05) is 11.6 Å². The fourth-order valence-corrected chi connectivity index (χ4v) is 2.17. The Balaban J connectivity index is 1.64. The first kappa shape index (κ1) is 14.2. The Bertz CT molecular complexity index is 520. The molecule has 2 fully saturated rings. The van der Waals surface area contributed by atoms with Crippen molar-refractivity contribution in [3.05, 3.63) is 11.2 Å². The molecule has 0 saturated carbocycles. The van der Waals surface area contributed by atoms with Gasteiger partial charge in [-0.05, 0) is 6.42 Å². The number of halogens is 1. The van der Waals surface area contributed by atoms with Crippen LogP contribution in [0.1, 0.15) is 6.42 Å². The fraction of sp³-hybridized carbons (Fsp3) is 0.583. The van der Waals surface area contributed by atoms with Crippen LogP contribution in [-0.4, -0.2) is 60.4 Å². The number of amides is 1. The third-order valence-electron chi connectivity index (χ3n) is 3.30. The number of anilines is 1. The van der Waals surface area contributed by atoms with Crippen molar-refractivity contribution in [2.75, 3.05) is 44.3 Å². The lowest BCUT2D eigenvalue weighted by Crippen LogP contribution is -2.42. The van der Waals surface area contributed by atoms with Crippen molar-refractivity contribution >= 4 is 23.5 Å². The molecule has 9 heteroatoms. The number of aromatic nitrogens is 2. The molecule has 0 aromatic carbocycles. The lowest BCUT2D eigenvalue weighted by Gasteiger charge is -2.28. The van der Waals surface area contributed by atoms with Gasteiger partial charge >= 0.3 is 12.1 Å². The van der Waals surface area contributed by atoms with E-state index in [2.05, 4.69) is 14.9 Å². The van der Waals surface area contributed by atoms with Crippen LogP contribution in [0, 0.1) is 0 Å². The monoisotopic (exact) mass is 314 g/mol. The topological polar surface area (TPSA) is 77.0 Å². The Morgan fingerprint density at radius 3 is 2.67 bits per heavy atom. The van der Waals surface area contributed by atoms with E-state index in [-0.39, 0.29) is 11.2 Å². The van der Waals surface area contributed by atoms with E-state index in [1.54, 1.807) is 6.07 Å². The third kappa shape index (κ3) is 3.45. The summed E-state index contributed by atoms with van der Waals surface area (Å²) in [7, 11) is 0. The van der Waals surface area contributed by atoms with E-state index >= 15 is 0 Å². The Labute approximate surface area is 126 Å². The normalized spacial score (nSPS) is 18.1. The van der Waals surface area contributed by atoms with Gasteiger partial charge in [0.1, 0.15) is 11.0 Å². The summed E-state index contributed by atoms with van der Waals surface area (Å²) in [5.74, 6) is 0.619. The summed E-state index contributed by atoms with van der Waals surface area (Å²) in [6, 6.07) is 1.55. The third-order valence-corrected chi connectivity index (χ3v) is 3.49. The van der Waals surface area contributed by atoms with Crippen LogP contribution < -0.4 is 9.79 Å². The van der Waals surface area contributed by atoms with Crippen LogP contribution in [0.15, 0.2) is 6.07 Å². The van der Waals surface area contributed by atoms with E-state index < -0.39 is 6.09 Å². The molecular weight excluding hydrogens is 300 g/mol. The van der Waals surface area contributed by atoms with Gasteiger partial charge in [0.05, 0.1) is 13.2 Å². The molecule has 0 atom stereocenters. The molecule has 3 heterocycles. The lowest BCUT2D eigenvalue weighted by atomic mass is 10.2. The predicted octanol–water partition coefficient (Wildman–Crippen LogP) is 1.10. The average Bonchev–Trinajstić information content (AvgIpc) is 2.44. The maximum atomic E-state index is 11.5. The Morgan fingerprint density at radius 2 is 2.00 bits per heavy atom. The number of ether oxygens (including phenoxy) is 1. The van der Waals surface area contributed by atoms with E-state index in [1.807, 2.05) is 4.90 Å². The first-order chi connectivity index (χ1) is 10.2. The quantitative estimate of drug-likeness (QED) is 0.470. The number of hydrogen-bond acceptors (Lipinski definition) is 7. The minimum atomic E-state index is -0.544. The first-order valence-electron chi connectivity index (χ1n) is 6.73. The van der Waals surface area contributed by atoms with E-state index in [1.165, 1.54) is 4.90 Å². The van der Waals surface area contributed by atoms with E-state index in [9.17, 15) is 4.79 Å². The predicted molar refractivity (Wildman–Crippen MR) is 73.4 cm³/mol. The second-order valence-electron chi connectivity index (χ2n) is 4.70. The molecular formula is C12H15ClN4O4. The maximum absolute atomic E-state index is 11.5. The maximum Gasteiger partial charge on any atom is 0.453 e. The highest BCUT2D eigenvalue weighted by Crippen LogP contribution is 2.20. The summed E-state index contributed by atoms with van der Waals surface area (Å²) >= 11 is 5.95. The highest BCUT2D eigenvalue weighted by molar-refractivity contribution is 6.29. The number of carbonyl (C=O) groups excluding carboxylic acids is 1. The van der Waals surface area contributed by atoms with Crippen LogP contribution >= 0.6 is 11.6 Å². The van der Waals surface area contributed by atoms with Crippen molar-refractivity contribution in [2.24, 2.45) is 0 Å². The molecule has 1 amide bonds. The van der Waals surface area contributed by atoms with Crippen LogP contribution in [-0.2, 0) is 9.62 Å². The van der Waals surface area contributed by atoms with Gasteiger partial charge in [-0.3, -0.25) is 0 Å². The van der Waals surface area contributed by atoms with Crippen LogP contribution in [0.3, 0.4) is 0 Å². The van der Waals surface area contributed by atoms with Crippen molar-refractivity contribution < 1.29 is 19.3 Å². The molecule has 2 aliphatic rings. The van der Waals surface area contributed by atoms with Gasteiger partial charge in [0.15, 0.2) is 0 Å². The molecule has 2 saturated heterocycles. The van der Waals surface area contributed by atoms with Crippen molar-refractivity contribution in [2.45, 2.75) is 6.42 Å². The second-order valence-corrected chi connectivity index (χ2v) is 5.09. The zero-order valence-corrected chi connectivity index (χ0v) is 12.1. The smallest absolute Gasteiger partial charge is 0.378 e. The molecule has 3 rings (SSSR count). The van der Waals surface area contributed by atoms with Crippen molar-refractivity contribution in [3.8, 4) is 6.01 Å². The van der Waals surface area contributed by atoms with Gasteiger partial charge in [0.2, 0.25) is 0 Å². The van der Waals surface area contributed by atoms with Crippen molar-refractivity contribution in [3.63, 3.8) is 0 Å². The van der Waals surface area contributed by atoms with Gasteiger partial charge in [0, 0.05) is 32.2 Å². The zero-order chi connectivity index (χ0) is 14.7. The summed E-state index contributed by atoms with van der Waals surface area (Å²) in [6.07, 6.45) is 0.432. The van der Waals surface area contributed by atoms with Gasteiger partial charge in [-0.25, -0.2) is 14.6 Å². The summed E-state index contributed by atoms with van der Waals surface area (Å²) in [6.45, 7) is 4.03. The Morgan fingerprint density at radius 1 is 1.24 bits per heavy atom. The van der Waals surface area contributed by atoms with Crippen molar-refractivity contribution in [1.29, 1.82) is 0 Å². The molecule has 21 heavy (non-hydrogen) atoms.